The first-order chi connectivity index (χ1) is 6.02. The summed E-state index contributed by atoms with van der Waals surface area (Å²) in [5.41, 5.74) is 2.46. The molecule has 1 heterocycles. The fourth-order valence-electron chi connectivity index (χ4n) is 2.04. The number of benzene rings is 1. The molecule has 0 saturated heterocycles. The fourth-order valence-corrected chi connectivity index (χ4v) is 2.73. The largest absolute Gasteiger partial charge is 0.363 e. The minimum Gasteiger partial charge on any atom is -0.363 e. The highest BCUT2D eigenvalue weighted by atomic mass is 79.9. The average Bonchev–Trinajstić information content (AvgIpc) is 2.24. The van der Waals surface area contributed by atoms with Crippen LogP contribution in [0.3, 0.4) is 0 Å². The quantitative estimate of drug-likeness (QED) is 0.671. The lowest BCUT2D eigenvalue weighted by atomic mass is 9.95. The Labute approximate surface area is 87.2 Å². The Balaban J connectivity index is 2.65. The summed E-state index contributed by atoms with van der Waals surface area (Å²) >= 11 is 3.56. The van der Waals surface area contributed by atoms with Crippen molar-refractivity contribution in [3.8, 4) is 0 Å². The molecule has 0 unspecified atom stereocenters. The van der Waals surface area contributed by atoms with E-state index in [-0.39, 0.29) is 11.7 Å². The third-order valence-corrected chi connectivity index (χ3v) is 3.27. The smallest absolute Gasteiger partial charge is 0.0887 e. The van der Waals surface area contributed by atoms with Crippen LogP contribution in [0.4, 0.5) is 0 Å². The predicted octanol–water partition coefficient (Wildman–Crippen LogP) is 3.78. The number of hydrogen-bond donors (Lipinski definition) is 0. The summed E-state index contributed by atoms with van der Waals surface area (Å²) in [5, 5.41) is 0. The second kappa shape index (κ2) is 2.82. The van der Waals surface area contributed by atoms with Crippen LogP contribution < -0.4 is 0 Å². The topological polar surface area (TPSA) is 9.23 Å². The third kappa shape index (κ3) is 1.32. The van der Waals surface area contributed by atoms with E-state index in [4.69, 9.17) is 4.74 Å². The van der Waals surface area contributed by atoms with Crippen LogP contribution in [-0.4, -0.2) is 0 Å². The Kier molecular flexibility index (Phi) is 2.00. The lowest BCUT2D eigenvalue weighted by Crippen LogP contribution is -2.14. The number of fused-ring (bicyclic) bond motifs is 1. The van der Waals surface area contributed by atoms with Gasteiger partial charge in [-0.25, -0.2) is 0 Å². The molecule has 2 heteroatoms. The highest BCUT2D eigenvalue weighted by molar-refractivity contribution is 9.10. The van der Waals surface area contributed by atoms with E-state index in [9.17, 15) is 0 Å². The third-order valence-electron chi connectivity index (χ3n) is 2.58. The number of hydrogen-bond acceptors (Lipinski definition) is 1. The van der Waals surface area contributed by atoms with Crippen LogP contribution in [0.25, 0.3) is 0 Å². The van der Waals surface area contributed by atoms with Crippen molar-refractivity contribution in [2.45, 2.75) is 32.5 Å². The molecule has 0 aromatic heterocycles. The van der Waals surface area contributed by atoms with Gasteiger partial charge >= 0.3 is 0 Å². The Morgan fingerprint density at radius 3 is 2.69 bits per heavy atom. The fraction of sp³-hybridized carbons (Fsp3) is 0.455. The maximum Gasteiger partial charge on any atom is 0.0887 e. The normalized spacial score (nSPS) is 24.5. The van der Waals surface area contributed by atoms with Crippen molar-refractivity contribution < 1.29 is 4.74 Å². The monoisotopic (exact) mass is 240 g/mol. The van der Waals surface area contributed by atoms with Gasteiger partial charge in [0.25, 0.3) is 0 Å². The molecule has 0 radical (unpaired) electrons. The molecule has 0 fully saturated rings. The molecular weight excluding hydrogens is 228 g/mol. The van der Waals surface area contributed by atoms with E-state index in [1.807, 2.05) is 0 Å². The van der Waals surface area contributed by atoms with E-state index in [1.54, 1.807) is 0 Å². The molecule has 70 valence electrons. The first kappa shape index (κ1) is 9.22. The van der Waals surface area contributed by atoms with Crippen molar-refractivity contribution in [3.05, 3.63) is 33.8 Å². The van der Waals surface area contributed by atoms with Crippen LogP contribution in [0.15, 0.2) is 22.7 Å². The summed E-state index contributed by atoms with van der Waals surface area (Å²) in [6, 6.07) is 6.27. The zero-order chi connectivity index (χ0) is 9.64. The van der Waals surface area contributed by atoms with Crippen LogP contribution >= 0.6 is 15.9 Å². The number of halogens is 1. The van der Waals surface area contributed by atoms with Crippen molar-refractivity contribution in [2.24, 2.45) is 0 Å². The SMILES string of the molecule is C[C@H]1OC(C)(C)c2cccc(Br)c21. The first-order valence-electron chi connectivity index (χ1n) is 4.49. The molecule has 0 aliphatic carbocycles. The summed E-state index contributed by atoms with van der Waals surface area (Å²) in [6.07, 6.45) is 0.195. The molecule has 1 aliphatic heterocycles. The first-order valence-corrected chi connectivity index (χ1v) is 5.28. The zero-order valence-electron chi connectivity index (χ0n) is 8.10. The van der Waals surface area contributed by atoms with E-state index in [0.29, 0.717) is 0 Å². The standard InChI is InChI=1S/C11H13BrO/c1-7-10-8(11(2,3)13-7)5-4-6-9(10)12/h4-7H,1-3H3/t7-/m1/s1. The zero-order valence-corrected chi connectivity index (χ0v) is 9.68. The molecule has 0 bridgehead atoms. The van der Waals surface area contributed by atoms with Gasteiger partial charge in [-0.2, -0.15) is 0 Å². The van der Waals surface area contributed by atoms with Gasteiger partial charge in [0.15, 0.2) is 0 Å². The molecule has 0 saturated carbocycles. The van der Waals surface area contributed by atoms with Gasteiger partial charge in [0.05, 0.1) is 11.7 Å². The van der Waals surface area contributed by atoms with Crippen molar-refractivity contribution in [1.82, 2.24) is 0 Å². The molecular formula is C11H13BrO. The van der Waals surface area contributed by atoms with Crippen LogP contribution in [-0.2, 0) is 10.3 Å². The Morgan fingerprint density at radius 1 is 1.38 bits per heavy atom. The van der Waals surface area contributed by atoms with Crippen LogP contribution in [0, 0.1) is 0 Å². The molecule has 1 aromatic rings. The predicted molar refractivity (Wildman–Crippen MR) is 56.7 cm³/mol. The summed E-state index contributed by atoms with van der Waals surface area (Å²) in [7, 11) is 0. The Bertz CT molecular complexity index is 344. The molecule has 1 aliphatic rings. The minimum absolute atomic E-state index is 0.140. The molecule has 1 aromatic carbocycles. The second-order valence-corrected chi connectivity index (χ2v) is 4.83. The molecule has 0 amide bonds. The maximum atomic E-state index is 5.87. The lowest BCUT2D eigenvalue weighted by Gasteiger charge is -2.19. The van der Waals surface area contributed by atoms with Crippen molar-refractivity contribution in [3.63, 3.8) is 0 Å². The van der Waals surface area contributed by atoms with Crippen LogP contribution in [0.5, 0.6) is 0 Å². The van der Waals surface area contributed by atoms with Crippen LogP contribution in [0.2, 0.25) is 0 Å². The van der Waals surface area contributed by atoms with Crippen LogP contribution in [0.1, 0.15) is 38.0 Å². The maximum absolute atomic E-state index is 5.87. The van der Waals surface area contributed by atoms with Gasteiger partial charge in [0.1, 0.15) is 0 Å². The summed E-state index contributed by atoms with van der Waals surface area (Å²) in [4.78, 5) is 0. The average molecular weight is 241 g/mol. The number of rotatable bonds is 0. The van der Waals surface area contributed by atoms with Gasteiger partial charge in [-0.15, -0.1) is 0 Å². The van der Waals surface area contributed by atoms with Gasteiger partial charge < -0.3 is 4.74 Å². The van der Waals surface area contributed by atoms with Gasteiger partial charge in [0.2, 0.25) is 0 Å². The molecule has 13 heavy (non-hydrogen) atoms. The highest BCUT2D eigenvalue weighted by Gasteiger charge is 2.36. The minimum atomic E-state index is -0.140. The number of ether oxygens (including phenoxy) is 1. The summed E-state index contributed by atoms with van der Waals surface area (Å²) < 4.78 is 7.03. The van der Waals surface area contributed by atoms with E-state index >= 15 is 0 Å². The molecule has 0 N–H and O–H groups in total. The van der Waals surface area contributed by atoms with E-state index in [1.165, 1.54) is 11.1 Å². The van der Waals surface area contributed by atoms with E-state index in [0.717, 1.165) is 4.47 Å². The van der Waals surface area contributed by atoms with Crippen molar-refractivity contribution in [1.29, 1.82) is 0 Å². The van der Waals surface area contributed by atoms with E-state index < -0.39 is 0 Å². The lowest BCUT2D eigenvalue weighted by molar-refractivity contribution is -0.0436. The van der Waals surface area contributed by atoms with Gasteiger partial charge in [0, 0.05) is 10.0 Å². The summed E-state index contributed by atoms with van der Waals surface area (Å²) in [5.74, 6) is 0. The summed E-state index contributed by atoms with van der Waals surface area (Å²) in [6.45, 7) is 6.32. The highest BCUT2D eigenvalue weighted by Crippen LogP contribution is 2.45. The molecule has 2 rings (SSSR count). The second-order valence-electron chi connectivity index (χ2n) is 3.97. The van der Waals surface area contributed by atoms with Gasteiger partial charge in [-0.1, -0.05) is 28.1 Å². The van der Waals surface area contributed by atoms with Gasteiger partial charge in [-0.05, 0) is 32.4 Å². The van der Waals surface area contributed by atoms with Crippen molar-refractivity contribution >= 4 is 15.9 Å². The van der Waals surface area contributed by atoms with Crippen molar-refractivity contribution in [2.75, 3.05) is 0 Å². The molecule has 0 spiro atoms. The van der Waals surface area contributed by atoms with Gasteiger partial charge in [-0.3, -0.25) is 0 Å². The molecule has 1 atom stereocenters. The Morgan fingerprint density at radius 2 is 2.08 bits per heavy atom. The molecule has 1 nitrogen and oxygen atoms in total. The van der Waals surface area contributed by atoms with E-state index in [2.05, 4.69) is 54.9 Å². The Hall–Kier alpha value is -0.340.